The van der Waals surface area contributed by atoms with E-state index in [9.17, 15) is 18.0 Å². The number of rotatable bonds is 6. The lowest BCUT2D eigenvalue weighted by Crippen LogP contribution is -2.45. The van der Waals surface area contributed by atoms with E-state index in [1.54, 1.807) is 17.0 Å². The Morgan fingerprint density at radius 3 is 2.29 bits per heavy atom. The van der Waals surface area contributed by atoms with Crippen molar-refractivity contribution >= 4 is 21.8 Å². The van der Waals surface area contributed by atoms with Crippen molar-refractivity contribution in [2.75, 3.05) is 26.2 Å². The summed E-state index contributed by atoms with van der Waals surface area (Å²) in [6, 6.07) is 6.34. The number of nitrogens with zero attached hydrogens (tertiary/aromatic N) is 1. The van der Waals surface area contributed by atoms with Gasteiger partial charge in [-0.1, -0.05) is 17.7 Å². The van der Waals surface area contributed by atoms with Gasteiger partial charge in [0.1, 0.15) is 0 Å². The molecule has 8 heteroatoms. The zero-order valence-electron chi connectivity index (χ0n) is 13.7. The van der Waals surface area contributed by atoms with Crippen LogP contribution in [0, 0.1) is 6.92 Å². The molecule has 0 saturated carbocycles. The number of hydrogen-bond donors (Lipinski definition) is 2. The maximum Gasteiger partial charge on any atom is 0.241 e. The Kier molecular flexibility index (Phi) is 6.33. The van der Waals surface area contributed by atoms with Crippen molar-refractivity contribution in [3.8, 4) is 0 Å². The summed E-state index contributed by atoms with van der Waals surface area (Å²) in [6.45, 7) is 2.79. The summed E-state index contributed by atoms with van der Waals surface area (Å²) >= 11 is 0. The van der Waals surface area contributed by atoms with Gasteiger partial charge < -0.3 is 10.2 Å². The summed E-state index contributed by atoms with van der Waals surface area (Å²) in [4.78, 5) is 25.5. The Bertz CT molecular complexity index is 680. The van der Waals surface area contributed by atoms with Gasteiger partial charge in [0.15, 0.2) is 0 Å². The highest BCUT2D eigenvalue weighted by molar-refractivity contribution is 7.89. The van der Waals surface area contributed by atoms with E-state index in [1.807, 2.05) is 6.92 Å². The smallest absolute Gasteiger partial charge is 0.241 e. The molecular formula is C16H23N3O4S. The first-order valence-electron chi connectivity index (χ1n) is 7.99. The van der Waals surface area contributed by atoms with Gasteiger partial charge in [-0.05, 0) is 38.3 Å². The molecule has 0 radical (unpaired) electrons. The molecule has 1 aliphatic rings. The molecule has 0 bridgehead atoms. The van der Waals surface area contributed by atoms with E-state index in [4.69, 9.17) is 0 Å². The van der Waals surface area contributed by atoms with Gasteiger partial charge in [-0.25, -0.2) is 13.1 Å². The fourth-order valence-corrected chi connectivity index (χ4v) is 3.44. The van der Waals surface area contributed by atoms with Gasteiger partial charge in [0.25, 0.3) is 0 Å². The lowest BCUT2D eigenvalue weighted by atomic mass is 10.1. The monoisotopic (exact) mass is 353 g/mol. The maximum atomic E-state index is 12.1. The lowest BCUT2D eigenvalue weighted by molar-refractivity contribution is -0.133. The minimum absolute atomic E-state index is 0.102. The van der Waals surface area contributed by atoms with Crippen LogP contribution in [-0.2, 0) is 19.6 Å². The molecule has 1 heterocycles. The van der Waals surface area contributed by atoms with Crippen LogP contribution < -0.4 is 10.0 Å². The summed E-state index contributed by atoms with van der Waals surface area (Å²) in [7, 11) is -3.74. The second-order valence-electron chi connectivity index (χ2n) is 5.86. The molecule has 7 nitrogen and oxygen atoms in total. The predicted octanol–water partition coefficient (Wildman–Crippen LogP) is 0.402. The fraction of sp³-hybridized carbons (Fsp3) is 0.500. The van der Waals surface area contributed by atoms with Crippen LogP contribution in [-0.4, -0.2) is 51.3 Å². The molecule has 132 valence electrons. The normalized spacial score (nSPS) is 15.1. The second-order valence-corrected chi connectivity index (χ2v) is 7.62. The average molecular weight is 353 g/mol. The molecule has 2 amide bonds. The molecule has 1 aromatic carbocycles. The Balaban J connectivity index is 1.78. The third-order valence-electron chi connectivity index (χ3n) is 3.90. The third kappa shape index (κ3) is 5.31. The van der Waals surface area contributed by atoms with Gasteiger partial charge >= 0.3 is 0 Å². The van der Waals surface area contributed by atoms with Crippen LogP contribution in [0.1, 0.15) is 24.8 Å². The first-order chi connectivity index (χ1) is 11.4. The highest BCUT2D eigenvalue weighted by Gasteiger charge is 2.18. The number of carbonyl (C=O) groups excluding carboxylic acids is 2. The van der Waals surface area contributed by atoms with Crippen LogP contribution in [0.3, 0.4) is 0 Å². The Hall–Kier alpha value is -1.93. The van der Waals surface area contributed by atoms with Crippen LogP contribution in [0.5, 0.6) is 0 Å². The molecule has 1 saturated heterocycles. The molecule has 0 aliphatic carbocycles. The maximum absolute atomic E-state index is 12.1. The number of sulfonamides is 1. The van der Waals surface area contributed by atoms with Gasteiger partial charge in [-0.15, -0.1) is 0 Å². The minimum Gasteiger partial charge on any atom is -0.346 e. The van der Waals surface area contributed by atoms with Crippen molar-refractivity contribution in [1.29, 1.82) is 0 Å². The van der Waals surface area contributed by atoms with Crippen LogP contribution in [0.4, 0.5) is 0 Å². The largest absolute Gasteiger partial charge is 0.346 e. The molecule has 0 atom stereocenters. The number of aryl methyl sites for hydroxylation is 1. The number of nitrogens with one attached hydrogen (secondary N) is 2. The van der Waals surface area contributed by atoms with Crippen molar-refractivity contribution in [2.45, 2.75) is 31.1 Å². The number of hydrogen-bond acceptors (Lipinski definition) is 4. The molecular weight excluding hydrogens is 330 g/mol. The number of likely N-dealkylation sites (tertiary alicyclic amines) is 1. The van der Waals surface area contributed by atoms with Gasteiger partial charge in [-0.2, -0.15) is 0 Å². The summed E-state index contributed by atoms with van der Waals surface area (Å²) < 4.78 is 26.4. The minimum atomic E-state index is -3.74. The number of carbonyl (C=O) groups is 2. The van der Waals surface area contributed by atoms with Crippen LogP contribution in [0.15, 0.2) is 29.2 Å². The van der Waals surface area contributed by atoms with Crippen molar-refractivity contribution in [3.05, 3.63) is 29.8 Å². The number of piperidine rings is 1. The van der Waals surface area contributed by atoms with E-state index in [2.05, 4.69) is 10.0 Å². The topological polar surface area (TPSA) is 95.6 Å². The van der Waals surface area contributed by atoms with Crippen LogP contribution >= 0.6 is 0 Å². The summed E-state index contributed by atoms with van der Waals surface area (Å²) in [6.07, 6.45) is 3.09. The zero-order chi connectivity index (χ0) is 17.6. The molecule has 1 fully saturated rings. The third-order valence-corrected chi connectivity index (χ3v) is 5.32. The van der Waals surface area contributed by atoms with E-state index in [0.29, 0.717) is 0 Å². The van der Waals surface area contributed by atoms with E-state index in [1.165, 1.54) is 12.1 Å². The highest BCUT2D eigenvalue weighted by Crippen LogP contribution is 2.09. The fourth-order valence-electron chi connectivity index (χ4n) is 2.45. The van der Waals surface area contributed by atoms with Crippen molar-refractivity contribution in [1.82, 2.24) is 14.9 Å². The van der Waals surface area contributed by atoms with E-state index >= 15 is 0 Å². The first kappa shape index (κ1) is 18.4. The quantitative estimate of drug-likeness (QED) is 0.774. The molecule has 1 aromatic rings. The average Bonchev–Trinajstić information content (AvgIpc) is 2.59. The standard InChI is InChI=1S/C16H23N3O4S/c1-13-5-7-14(8-6-13)24(22,23)18-11-15(20)17-12-16(21)19-9-3-2-4-10-19/h5-8,18H,2-4,9-12H2,1H3,(H,17,20). The molecule has 0 spiro atoms. The van der Waals surface area contributed by atoms with Crippen molar-refractivity contribution in [3.63, 3.8) is 0 Å². The van der Waals surface area contributed by atoms with Gasteiger partial charge in [-0.3, -0.25) is 9.59 Å². The van der Waals surface area contributed by atoms with Crippen molar-refractivity contribution in [2.24, 2.45) is 0 Å². The van der Waals surface area contributed by atoms with Gasteiger partial charge in [0.2, 0.25) is 21.8 Å². The van der Waals surface area contributed by atoms with E-state index < -0.39 is 22.5 Å². The first-order valence-corrected chi connectivity index (χ1v) is 9.47. The molecule has 0 unspecified atom stereocenters. The molecule has 0 aromatic heterocycles. The van der Waals surface area contributed by atoms with Crippen LogP contribution in [0.2, 0.25) is 0 Å². The lowest BCUT2D eigenvalue weighted by Gasteiger charge is -2.26. The zero-order valence-corrected chi connectivity index (χ0v) is 14.6. The molecule has 2 rings (SSSR count). The Labute approximate surface area is 142 Å². The van der Waals surface area contributed by atoms with E-state index in [-0.39, 0.29) is 17.3 Å². The number of amides is 2. The Morgan fingerprint density at radius 1 is 1.04 bits per heavy atom. The van der Waals surface area contributed by atoms with Gasteiger partial charge in [0.05, 0.1) is 18.0 Å². The van der Waals surface area contributed by atoms with Crippen molar-refractivity contribution < 1.29 is 18.0 Å². The summed E-state index contributed by atoms with van der Waals surface area (Å²) in [5.41, 5.74) is 0.947. The Morgan fingerprint density at radius 2 is 1.67 bits per heavy atom. The van der Waals surface area contributed by atoms with E-state index in [0.717, 1.165) is 37.9 Å². The second kappa shape index (κ2) is 8.25. The highest BCUT2D eigenvalue weighted by atomic mass is 32.2. The molecule has 1 aliphatic heterocycles. The summed E-state index contributed by atoms with van der Waals surface area (Å²) in [5.74, 6) is -0.666. The predicted molar refractivity (Wildman–Crippen MR) is 89.8 cm³/mol. The SMILES string of the molecule is Cc1ccc(S(=O)(=O)NCC(=O)NCC(=O)N2CCCCC2)cc1. The van der Waals surface area contributed by atoms with Gasteiger partial charge in [0, 0.05) is 13.1 Å². The molecule has 2 N–H and O–H groups in total. The molecule has 24 heavy (non-hydrogen) atoms. The number of benzene rings is 1. The van der Waals surface area contributed by atoms with Crippen LogP contribution in [0.25, 0.3) is 0 Å². The summed E-state index contributed by atoms with van der Waals surface area (Å²) in [5, 5.41) is 2.46.